The van der Waals surface area contributed by atoms with E-state index in [0.29, 0.717) is 6.54 Å². The summed E-state index contributed by atoms with van der Waals surface area (Å²) in [7, 11) is 2.08. The molecule has 0 saturated carbocycles. The van der Waals surface area contributed by atoms with Gasteiger partial charge < -0.3 is 14.6 Å². The average molecular weight is 339 g/mol. The van der Waals surface area contributed by atoms with Gasteiger partial charge in [-0.3, -0.25) is 4.98 Å². The summed E-state index contributed by atoms with van der Waals surface area (Å²) in [4.78, 5) is 6.28. The minimum atomic E-state index is -1.03. The van der Waals surface area contributed by atoms with Crippen molar-refractivity contribution in [1.82, 2.24) is 14.5 Å². The first-order valence-electron chi connectivity index (χ1n) is 8.56. The van der Waals surface area contributed by atoms with Crippen LogP contribution in [0, 0.1) is 5.82 Å². The van der Waals surface area contributed by atoms with Crippen LogP contribution in [-0.2, 0) is 25.1 Å². The SMILES string of the molecule is CN1CCc2c(c3cc(F)ccc3n2CC(C)(O)c2ccncc2)C1. The van der Waals surface area contributed by atoms with Crippen LogP contribution >= 0.6 is 0 Å². The van der Waals surface area contributed by atoms with Gasteiger partial charge in [0.2, 0.25) is 0 Å². The Balaban J connectivity index is 1.85. The second-order valence-electron chi connectivity index (χ2n) is 7.17. The predicted molar refractivity (Wildman–Crippen MR) is 95.7 cm³/mol. The Morgan fingerprint density at radius 3 is 2.76 bits per heavy atom. The Labute approximate surface area is 146 Å². The van der Waals surface area contributed by atoms with Gasteiger partial charge in [0.15, 0.2) is 0 Å². The largest absolute Gasteiger partial charge is 0.384 e. The Bertz CT molecular complexity index is 918. The fourth-order valence-corrected chi connectivity index (χ4v) is 3.85. The van der Waals surface area contributed by atoms with Gasteiger partial charge in [0.1, 0.15) is 11.4 Å². The second-order valence-corrected chi connectivity index (χ2v) is 7.17. The maximum absolute atomic E-state index is 13.8. The summed E-state index contributed by atoms with van der Waals surface area (Å²) in [5.74, 6) is -0.221. The molecule has 0 aliphatic carbocycles. The number of pyridine rings is 1. The van der Waals surface area contributed by atoms with Gasteiger partial charge in [-0.2, -0.15) is 0 Å². The van der Waals surface area contributed by atoms with Crippen molar-refractivity contribution in [3.05, 3.63) is 65.4 Å². The molecule has 1 N–H and O–H groups in total. The van der Waals surface area contributed by atoms with Gasteiger partial charge in [-0.25, -0.2) is 4.39 Å². The van der Waals surface area contributed by atoms with Gasteiger partial charge in [0.25, 0.3) is 0 Å². The average Bonchev–Trinajstić information content (AvgIpc) is 2.88. The van der Waals surface area contributed by atoms with Crippen LogP contribution in [0.1, 0.15) is 23.7 Å². The smallest absolute Gasteiger partial charge is 0.123 e. The van der Waals surface area contributed by atoms with Crippen molar-refractivity contribution in [2.24, 2.45) is 0 Å². The molecule has 5 heteroatoms. The monoisotopic (exact) mass is 339 g/mol. The lowest BCUT2D eigenvalue weighted by Crippen LogP contribution is -2.31. The van der Waals surface area contributed by atoms with Crippen LogP contribution in [0.25, 0.3) is 10.9 Å². The molecule has 1 unspecified atom stereocenters. The highest BCUT2D eigenvalue weighted by Crippen LogP contribution is 2.34. The zero-order valence-electron chi connectivity index (χ0n) is 14.5. The van der Waals surface area contributed by atoms with E-state index >= 15 is 0 Å². The molecule has 130 valence electrons. The Hall–Kier alpha value is -2.24. The Morgan fingerprint density at radius 1 is 1.24 bits per heavy atom. The highest BCUT2D eigenvalue weighted by molar-refractivity contribution is 5.86. The van der Waals surface area contributed by atoms with Crippen molar-refractivity contribution in [3.63, 3.8) is 0 Å². The number of hydrogen-bond acceptors (Lipinski definition) is 3. The topological polar surface area (TPSA) is 41.3 Å². The molecule has 2 aromatic heterocycles. The number of aromatic nitrogens is 2. The molecule has 0 radical (unpaired) electrons. The van der Waals surface area contributed by atoms with Gasteiger partial charge in [-0.1, -0.05) is 0 Å². The van der Waals surface area contributed by atoms with Gasteiger partial charge in [-0.15, -0.1) is 0 Å². The second kappa shape index (κ2) is 5.93. The van der Waals surface area contributed by atoms with Gasteiger partial charge in [-0.05, 0) is 55.4 Å². The van der Waals surface area contributed by atoms with Crippen LogP contribution in [0.3, 0.4) is 0 Å². The summed E-state index contributed by atoms with van der Waals surface area (Å²) in [6.45, 7) is 4.01. The third-order valence-corrected chi connectivity index (χ3v) is 5.18. The highest BCUT2D eigenvalue weighted by Gasteiger charge is 2.29. The zero-order chi connectivity index (χ0) is 17.6. The molecule has 3 aromatic rings. The van der Waals surface area contributed by atoms with E-state index in [2.05, 4.69) is 21.5 Å². The van der Waals surface area contributed by atoms with Gasteiger partial charge in [0.05, 0.1) is 6.54 Å². The summed E-state index contributed by atoms with van der Waals surface area (Å²) in [5, 5.41) is 12.0. The Kier molecular flexibility index (Phi) is 3.85. The molecule has 25 heavy (non-hydrogen) atoms. The number of hydrogen-bond donors (Lipinski definition) is 1. The zero-order valence-corrected chi connectivity index (χ0v) is 14.5. The molecular formula is C20H22FN3O. The van der Waals surface area contributed by atoms with Crippen LogP contribution in [0.4, 0.5) is 4.39 Å². The van der Waals surface area contributed by atoms with Crippen LogP contribution in [0.2, 0.25) is 0 Å². The molecule has 1 aliphatic heterocycles. The van der Waals surface area contributed by atoms with Crippen molar-refractivity contribution < 1.29 is 9.50 Å². The number of halogens is 1. The molecule has 0 bridgehead atoms. The normalized spacial score (nSPS) is 17.4. The molecule has 0 fully saturated rings. The molecule has 1 aromatic carbocycles. The van der Waals surface area contributed by atoms with E-state index in [1.807, 2.05) is 25.1 Å². The van der Waals surface area contributed by atoms with Gasteiger partial charge in [0, 0.05) is 48.5 Å². The van der Waals surface area contributed by atoms with Crippen molar-refractivity contribution in [1.29, 1.82) is 0 Å². The summed E-state index contributed by atoms with van der Waals surface area (Å²) in [5.41, 5.74) is 3.16. The molecule has 4 nitrogen and oxygen atoms in total. The van der Waals surface area contributed by atoms with E-state index in [0.717, 1.165) is 36.0 Å². The maximum atomic E-state index is 13.8. The van der Waals surface area contributed by atoms with E-state index in [4.69, 9.17) is 0 Å². The van der Waals surface area contributed by atoms with Crippen molar-refractivity contribution in [2.45, 2.75) is 32.0 Å². The van der Waals surface area contributed by atoms with E-state index in [1.165, 1.54) is 17.3 Å². The van der Waals surface area contributed by atoms with Crippen LogP contribution < -0.4 is 0 Å². The lowest BCUT2D eigenvalue weighted by molar-refractivity contribution is 0.0384. The standard InChI is InChI=1S/C20H22FN3O/c1-20(25,14-5-8-22-9-6-14)13-24-18-4-3-15(21)11-16(18)17-12-23(2)10-7-19(17)24/h3-6,8-9,11,25H,7,10,12-13H2,1-2H3. The molecule has 0 spiro atoms. The van der Waals surface area contributed by atoms with Crippen LogP contribution in [0.15, 0.2) is 42.7 Å². The van der Waals surface area contributed by atoms with Crippen molar-refractivity contribution in [2.75, 3.05) is 13.6 Å². The molecular weight excluding hydrogens is 317 g/mol. The van der Waals surface area contributed by atoms with Crippen LogP contribution in [0.5, 0.6) is 0 Å². The third-order valence-electron chi connectivity index (χ3n) is 5.18. The van der Waals surface area contributed by atoms with Crippen molar-refractivity contribution in [3.8, 4) is 0 Å². The molecule has 4 rings (SSSR count). The number of benzene rings is 1. The summed E-state index contributed by atoms with van der Waals surface area (Å²) in [6.07, 6.45) is 4.28. The summed E-state index contributed by atoms with van der Waals surface area (Å²) < 4.78 is 16.0. The maximum Gasteiger partial charge on any atom is 0.123 e. The third kappa shape index (κ3) is 2.83. The van der Waals surface area contributed by atoms with E-state index in [1.54, 1.807) is 18.5 Å². The lowest BCUT2D eigenvalue weighted by atomic mass is 9.96. The number of aliphatic hydroxyl groups is 1. The molecule has 0 saturated heterocycles. The molecule has 1 aliphatic rings. The van der Waals surface area contributed by atoms with E-state index < -0.39 is 5.60 Å². The molecule has 0 amide bonds. The molecule has 1 atom stereocenters. The number of nitrogens with zero attached hydrogens (tertiary/aromatic N) is 3. The van der Waals surface area contributed by atoms with Crippen LogP contribution in [-0.4, -0.2) is 33.1 Å². The highest BCUT2D eigenvalue weighted by atomic mass is 19.1. The Morgan fingerprint density at radius 2 is 2.00 bits per heavy atom. The lowest BCUT2D eigenvalue weighted by Gasteiger charge is -2.28. The first-order chi connectivity index (χ1) is 12.0. The quantitative estimate of drug-likeness (QED) is 0.797. The predicted octanol–water partition coefficient (Wildman–Crippen LogP) is 3.07. The van der Waals surface area contributed by atoms with E-state index in [9.17, 15) is 9.50 Å². The minimum Gasteiger partial charge on any atom is -0.384 e. The van der Waals surface area contributed by atoms with Gasteiger partial charge >= 0.3 is 0 Å². The van der Waals surface area contributed by atoms with E-state index in [-0.39, 0.29) is 5.82 Å². The molecule has 3 heterocycles. The fourth-order valence-electron chi connectivity index (χ4n) is 3.85. The number of rotatable bonds is 3. The van der Waals surface area contributed by atoms with Crippen molar-refractivity contribution >= 4 is 10.9 Å². The first kappa shape index (κ1) is 16.2. The number of likely N-dealkylation sites (N-methyl/N-ethyl adjacent to an activating group) is 1. The fraction of sp³-hybridized carbons (Fsp3) is 0.350. The minimum absolute atomic E-state index is 0.221. The first-order valence-corrected chi connectivity index (χ1v) is 8.56. The number of fused-ring (bicyclic) bond motifs is 3. The summed E-state index contributed by atoms with van der Waals surface area (Å²) >= 11 is 0. The summed E-state index contributed by atoms with van der Waals surface area (Å²) in [6, 6.07) is 8.61.